The quantitative estimate of drug-likeness (QED) is 0.269. The first kappa shape index (κ1) is 14.0. The van der Waals surface area contributed by atoms with Crippen LogP contribution in [0.2, 0.25) is 0 Å². The molecule has 7 nitrogen and oxygen atoms in total. The third kappa shape index (κ3) is 4.34. The molecular weight excluding hydrogens is 204 g/mol. The van der Waals surface area contributed by atoms with E-state index in [1.165, 1.54) is 6.92 Å². The third-order valence-electron chi connectivity index (χ3n) is 1.85. The Morgan fingerprint density at radius 1 is 1.40 bits per heavy atom. The van der Waals surface area contributed by atoms with Crippen LogP contribution in [-0.4, -0.2) is 63.5 Å². The first-order valence-electron chi connectivity index (χ1n) is 4.36. The molecule has 0 heterocycles. The molecule has 0 fully saturated rings. The van der Waals surface area contributed by atoms with Gasteiger partial charge in [0.2, 0.25) is 5.91 Å². The smallest absolute Gasteiger partial charge is 0.217 e. The maximum Gasteiger partial charge on any atom is 0.217 e. The van der Waals surface area contributed by atoms with Crippen LogP contribution in [0.3, 0.4) is 0 Å². The highest BCUT2D eigenvalue weighted by Crippen LogP contribution is 2.03. The first-order valence-corrected chi connectivity index (χ1v) is 4.36. The molecular formula is C8H16N2O5. The van der Waals surface area contributed by atoms with E-state index in [0.29, 0.717) is 0 Å². The lowest BCUT2D eigenvalue weighted by atomic mass is 10.0. The highest BCUT2D eigenvalue weighted by atomic mass is 16.4. The van der Waals surface area contributed by atoms with Crippen LogP contribution in [0.5, 0.6) is 0 Å². The minimum Gasteiger partial charge on any atom is -0.394 e. The molecule has 0 aliphatic heterocycles. The van der Waals surface area contributed by atoms with Gasteiger partial charge in [-0.3, -0.25) is 4.79 Å². The van der Waals surface area contributed by atoms with Crippen molar-refractivity contribution in [3.63, 3.8) is 0 Å². The van der Waals surface area contributed by atoms with Crippen molar-refractivity contribution in [3.8, 4) is 0 Å². The maximum absolute atomic E-state index is 10.7. The van der Waals surface area contributed by atoms with Gasteiger partial charge in [0.05, 0.1) is 12.6 Å². The monoisotopic (exact) mass is 220 g/mol. The Morgan fingerprint density at radius 3 is 2.27 bits per heavy atom. The lowest BCUT2D eigenvalue weighted by molar-refractivity contribution is -0.121. The number of hydrogen-bond acceptors (Lipinski definition) is 6. The summed E-state index contributed by atoms with van der Waals surface area (Å²) >= 11 is 0. The van der Waals surface area contributed by atoms with E-state index in [1.807, 2.05) is 0 Å². The Hall–Kier alpha value is -1.02. The third-order valence-corrected chi connectivity index (χ3v) is 1.85. The lowest BCUT2D eigenvalue weighted by Gasteiger charge is -2.26. The molecule has 0 aromatic heterocycles. The fraction of sp³-hybridized carbons (Fsp3) is 0.750. The SMILES string of the molecule is CC(=O)NC(C=N)C(O)C(O)C(O)CO. The number of nitrogens with one attached hydrogen (secondary N) is 2. The number of amides is 1. The van der Waals surface area contributed by atoms with E-state index in [1.54, 1.807) is 0 Å². The van der Waals surface area contributed by atoms with Crippen molar-refractivity contribution >= 4 is 12.1 Å². The van der Waals surface area contributed by atoms with Crippen LogP contribution >= 0.6 is 0 Å². The molecule has 0 aliphatic rings. The zero-order valence-electron chi connectivity index (χ0n) is 8.29. The van der Waals surface area contributed by atoms with E-state index in [0.717, 1.165) is 6.21 Å². The second-order valence-corrected chi connectivity index (χ2v) is 3.12. The zero-order chi connectivity index (χ0) is 12.0. The fourth-order valence-corrected chi connectivity index (χ4v) is 1.01. The average molecular weight is 220 g/mol. The van der Waals surface area contributed by atoms with Gasteiger partial charge < -0.3 is 31.2 Å². The standard InChI is InChI=1S/C8H16N2O5/c1-4(12)10-5(2-9)7(14)8(15)6(13)3-11/h2,5-9,11,13-15H,3H2,1H3,(H,10,12). The molecule has 0 saturated carbocycles. The predicted molar refractivity (Wildman–Crippen MR) is 51.5 cm³/mol. The van der Waals surface area contributed by atoms with Crippen LogP contribution in [-0.2, 0) is 4.79 Å². The molecule has 0 rings (SSSR count). The molecule has 0 aromatic carbocycles. The van der Waals surface area contributed by atoms with Gasteiger partial charge in [-0.25, -0.2) is 0 Å². The van der Waals surface area contributed by atoms with Gasteiger partial charge in [0.25, 0.3) is 0 Å². The summed E-state index contributed by atoms with van der Waals surface area (Å²) in [5.74, 6) is -0.478. The van der Waals surface area contributed by atoms with Crippen molar-refractivity contribution in [1.29, 1.82) is 5.41 Å². The minimum absolute atomic E-state index is 0.478. The van der Waals surface area contributed by atoms with Gasteiger partial charge in [-0.05, 0) is 0 Å². The molecule has 4 unspecified atom stereocenters. The molecule has 6 N–H and O–H groups in total. The molecule has 4 atom stereocenters. The van der Waals surface area contributed by atoms with Crippen LogP contribution in [0.15, 0.2) is 0 Å². The Labute approximate surface area is 86.9 Å². The molecule has 15 heavy (non-hydrogen) atoms. The molecule has 0 spiro atoms. The number of aliphatic hydroxyl groups excluding tert-OH is 4. The number of hydrogen-bond donors (Lipinski definition) is 6. The van der Waals surface area contributed by atoms with Crippen molar-refractivity contribution in [2.24, 2.45) is 0 Å². The van der Waals surface area contributed by atoms with Gasteiger partial charge in [-0.2, -0.15) is 0 Å². The van der Waals surface area contributed by atoms with Crippen LogP contribution in [0.25, 0.3) is 0 Å². The summed E-state index contributed by atoms with van der Waals surface area (Å²) < 4.78 is 0. The number of carbonyl (C=O) groups excluding carboxylic acids is 1. The molecule has 0 aromatic rings. The second-order valence-electron chi connectivity index (χ2n) is 3.12. The van der Waals surface area contributed by atoms with E-state index in [2.05, 4.69) is 5.32 Å². The first-order chi connectivity index (χ1) is 6.93. The Kier molecular flexibility index (Phi) is 6.02. The number of aliphatic hydroxyl groups is 4. The molecule has 88 valence electrons. The summed E-state index contributed by atoms with van der Waals surface area (Å²) in [7, 11) is 0. The van der Waals surface area contributed by atoms with Gasteiger partial charge in [0.15, 0.2) is 0 Å². The summed E-state index contributed by atoms with van der Waals surface area (Å²) in [6.07, 6.45) is -3.96. The molecule has 1 amide bonds. The zero-order valence-corrected chi connectivity index (χ0v) is 8.29. The van der Waals surface area contributed by atoms with E-state index in [-0.39, 0.29) is 0 Å². The number of rotatable bonds is 6. The van der Waals surface area contributed by atoms with Crippen molar-refractivity contribution in [1.82, 2.24) is 5.32 Å². The minimum atomic E-state index is -1.63. The highest BCUT2D eigenvalue weighted by molar-refractivity contribution is 5.78. The topological polar surface area (TPSA) is 134 Å². The predicted octanol–water partition coefficient (Wildman–Crippen LogP) is -2.78. The Morgan fingerprint density at radius 2 is 1.93 bits per heavy atom. The average Bonchev–Trinajstić information content (AvgIpc) is 2.22. The van der Waals surface area contributed by atoms with Crippen molar-refractivity contribution in [2.75, 3.05) is 6.61 Å². The molecule has 7 heteroatoms. The van der Waals surface area contributed by atoms with E-state index in [9.17, 15) is 15.0 Å². The van der Waals surface area contributed by atoms with Crippen LogP contribution in [0.4, 0.5) is 0 Å². The van der Waals surface area contributed by atoms with Gasteiger partial charge in [0.1, 0.15) is 18.3 Å². The summed E-state index contributed by atoms with van der Waals surface area (Å²) in [5.41, 5.74) is 0. The van der Waals surface area contributed by atoms with E-state index < -0.39 is 36.9 Å². The van der Waals surface area contributed by atoms with Gasteiger partial charge in [0, 0.05) is 13.1 Å². The second kappa shape index (κ2) is 6.46. The largest absolute Gasteiger partial charge is 0.394 e. The summed E-state index contributed by atoms with van der Waals surface area (Å²) in [6.45, 7) is 0.473. The van der Waals surface area contributed by atoms with E-state index >= 15 is 0 Å². The van der Waals surface area contributed by atoms with Gasteiger partial charge in [-0.1, -0.05) is 0 Å². The van der Waals surface area contributed by atoms with E-state index in [4.69, 9.17) is 15.6 Å². The molecule has 0 saturated heterocycles. The summed E-state index contributed by atoms with van der Waals surface area (Å²) in [4.78, 5) is 10.7. The van der Waals surface area contributed by atoms with Crippen LogP contribution in [0.1, 0.15) is 6.92 Å². The maximum atomic E-state index is 10.7. The van der Waals surface area contributed by atoms with Crippen molar-refractivity contribution in [2.45, 2.75) is 31.3 Å². The summed E-state index contributed by atoms with van der Waals surface area (Å²) in [6, 6.07) is -1.10. The summed E-state index contributed by atoms with van der Waals surface area (Å²) in [5, 5.41) is 45.4. The van der Waals surface area contributed by atoms with Gasteiger partial charge in [-0.15, -0.1) is 0 Å². The van der Waals surface area contributed by atoms with Gasteiger partial charge >= 0.3 is 0 Å². The Balaban J connectivity index is 4.42. The molecule has 0 bridgehead atoms. The van der Waals surface area contributed by atoms with Crippen LogP contribution in [0, 0.1) is 5.41 Å². The van der Waals surface area contributed by atoms with Crippen molar-refractivity contribution in [3.05, 3.63) is 0 Å². The molecule has 0 radical (unpaired) electrons. The van der Waals surface area contributed by atoms with Crippen molar-refractivity contribution < 1.29 is 25.2 Å². The lowest BCUT2D eigenvalue weighted by Crippen LogP contribution is -2.53. The normalized spacial score (nSPS) is 18.7. The van der Waals surface area contributed by atoms with Crippen LogP contribution < -0.4 is 5.32 Å². The fourth-order valence-electron chi connectivity index (χ4n) is 1.01. The highest BCUT2D eigenvalue weighted by Gasteiger charge is 2.30. The number of carbonyl (C=O) groups is 1. The molecule has 0 aliphatic carbocycles. The Bertz CT molecular complexity index is 223.